The van der Waals surface area contributed by atoms with Crippen LogP contribution in [-0.4, -0.2) is 25.0 Å². The summed E-state index contributed by atoms with van der Waals surface area (Å²) in [5.41, 5.74) is 18.7. The Labute approximate surface area is 302 Å². The molecular weight excluding hydrogens is 637 g/mol. The summed E-state index contributed by atoms with van der Waals surface area (Å²) in [6.45, 7) is 6.32. The van der Waals surface area contributed by atoms with Crippen LogP contribution in [-0.2, 0) is 0 Å². The van der Waals surface area contributed by atoms with Crippen LogP contribution in [0, 0.1) is 20.8 Å². The van der Waals surface area contributed by atoms with Gasteiger partial charge in [-0.2, -0.15) is 0 Å². The molecule has 250 valence electrons. The molecule has 0 atom stereocenters. The molecule has 0 saturated heterocycles. The minimum absolute atomic E-state index is 0.197. The van der Waals surface area contributed by atoms with E-state index in [0.29, 0.717) is 0 Å². The van der Waals surface area contributed by atoms with Crippen molar-refractivity contribution in [3.8, 4) is 50.3 Å². The zero-order chi connectivity index (χ0) is 35.3. The number of hydrogen-bond donors (Lipinski definition) is 3. The monoisotopic (exact) mass is 672 g/mol. The zero-order valence-corrected chi connectivity index (χ0v) is 29.2. The van der Waals surface area contributed by atoms with E-state index in [2.05, 4.69) is 152 Å². The molecule has 52 heavy (non-hydrogen) atoms. The predicted octanol–water partition coefficient (Wildman–Crippen LogP) is 12.0. The van der Waals surface area contributed by atoms with Crippen LogP contribution in [0.15, 0.2) is 121 Å². The van der Waals surface area contributed by atoms with Crippen molar-refractivity contribution in [1.82, 2.24) is 19.9 Å². The van der Waals surface area contributed by atoms with Crippen LogP contribution in [0.5, 0.6) is 5.75 Å². The van der Waals surface area contributed by atoms with Gasteiger partial charge in [-0.05, 0) is 104 Å². The predicted molar refractivity (Wildman–Crippen MR) is 216 cm³/mol. The van der Waals surface area contributed by atoms with E-state index in [1.807, 2.05) is 12.1 Å². The van der Waals surface area contributed by atoms with Crippen LogP contribution < -0.4 is 0 Å². The van der Waals surface area contributed by atoms with Gasteiger partial charge in [0.25, 0.3) is 0 Å². The summed E-state index contributed by atoms with van der Waals surface area (Å²) >= 11 is 0. The molecule has 7 aromatic rings. The number of rotatable bonds is 4. The smallest absolute Gasteiger partial charge is 0.116 e. The number of nitrogens with one attached hydrogen (secondary N) is 2. The Kier molecular flexibility index (Phi) is 7.55. The Morgan fingerprint density at radius 2 is 0.712 bits per heavy atom. The second-order valence-electron chi connectivity index (χ2n) is 13.7. The Morgan fingerprint density at radius 3 is 1.04 bits per heavy atom. The third-order valence-corrected chi connectivity index (χ3v) is 9.91. The number of aromatic amines is 2. The Morgan fingerprint density at radius 1 is 0.385 bits per heavy atom. The first-order valence-corrected chi connectivity index (χ1v) is 17.5. The number of hydrogen-bond acceptors (Lipinski definition) is 3. The lowest BCUT2D eigenvalue weighted by molar-refractivity contribution is 0.475. The van der Waals surface area contributed by atoms with E-state index in [9.17, 15) is 5.11 Å². The molecule has 3 N–H and O–H groups in total. The Hall–Kier alpha value is -6.72. The van der Waals surface area contributed by atoms with E-state index in [4.69, 9.17) is 9.97 Å². The summed E-state index contributed by atoms with van der Waals surface area (Å²) < 4.78 is 0. The summed E-state index contributed by atoms with van der Waals surface area (Å²) in [7, 11) is 0. The highest BCUT2D eigenvalue weighted by Crippen LogP contribution is 2.39. The maximum atomic E-state index is 10.6. The van der Waals surface area contributed by atoms with Crippen molar-refractivity contribution in [1.29, 1.82) is 0 Å². The number of H-pyrrole nitrogens is 2. The van der Waals surface area contributed by atoms with Gasteiger partial charge in [0.15, 0.2) is 0 Å². The highest BCUT2D eigenvalue weighted by Gasteiger charge is 2.19. The number of fused-ring (bicyclic) bond motifs is 8. The number of phenols is 1. The molecule has 2 aliphatic rings. The van der Waals surface area contributed by atoms with Gasteiger partial charge in [-0.25, -0.2) is 9.97 Å². The number of aromatic nitrogens is 4. The SMILES string of the molecule is Cc1ccc(-c2c3nc(c(-c4ccc(C)cc4)c4ccc([nH]4)c(-c4cccc(O)c4)c4nc(c(-c5ccc(C)cc5)c5ccc2[nH]5)C=C4)C=C3)cc1. The van der Waals surface area contributed by atoms with Crippen molar-refractivity contribution >= 4 is 46.4 Å². The van der Waals surface area contributed by atoms with Crippen LogP contribution in [0.2, 0.25) is 0 Å². The molecule has 0 radical (unpaired) electrons. The number of phenolic OH excluding ortho intramolecular Hbond substituents is 1. The quantitative estimate of drug-likeness (QED) is 0.174. The minimum Gasteiger partial charge on any atom is -0.508 e. The fourth-order valence-corrected chi connectivity index (χ4v) is 7.24. The number of benzene rings is 4. The van der Waals surface area contributed by atoms with E-state index in [-0.39, 0.29) is 5.75 Å². The first kappa shape index (κ1) is 31.3. The summed E-state index contributed by atoms with van der Waals surface area (Å²) in [6.07, 6.45) is 8.41. The van der Waals surface area contributed by atoms with E-state index in [0.717, 1.165) is 89.4 Å². The summed E-state index contributed by atoms with van der Waals surface area (Å²) in [5.74, 6) is 0.197. The maximum absolute atomic E-state index is 10.6. The van der Waals surface area contributed by atoms with Crippen LogP contribution >= 0.6 is 0 Å². The summed E-state index contributed by atoms with van der Waals surface area (Å²) in [5, 5.41) is 10.6. The van der Waals surface area contributed by atoms with E-state index >= 15 is 0 Å². The molecular formula is C47H36N4O. The molecule has 8 bridgehead atoms. The molecule has 0 fully saturated rings. The first-order chi connectivity index (χ1) is 25.4. The van der Waals surface area contributed by atoms with E-state index < -0.39 is 0 Å². The molecule has 5 nitrogen and oxygen atoms in total. The molecule has 4 aromatic carbocycles. The summed E-state index contributed by atoms with van der Waals surface area (Å²) in [4.78, 5) is 18.3. The fourth-order valence-electron chi connectivity index (χ4n) is 7.24. The van der Waals surface area contributed by atoms with Crippen molar-refractivity contribution in [2.45, 2.75) is 20.8 Å². The lowest BCUT2D eigenvalue weighted by atomic mass is 10.0. The van der Waals surface area contributed by atoms with Crippen molar-refractivity contribution in [3.63, 3.8) is 0 Å². The second-order valence-corrected chi connectivity index (χ2v) is 13.7. The maximum Gasteiger partial charge on any atom is 0.116 e. The molecule has 2 aliphatic heterocycles. The Balaban J connectivity index is 1.47. The standard InChI is InChI=1S/C47H36N4O/c1-28-7-13-31(14-8-28)44-36-19-21-38(48-36)45(32-15-9-29(2)10-16-32)40-23-25-42(50-40)47(34-5-4-6-35(52)27-34)43-26-24-41(51-43)46(39-22-20-37(44)49-39)33-17-11-30(3)12-18-33/h4-27,48,51-52H,1-3H3. The highest BCUT2D eigenvalue weighted by atomic mass is 16.3. The van der Waals surface area contributed by atoms with Crippen molar-refractivity contribution < 1.29 is 5.11 Å². The van der Waals surface area contributed by atoms with Gasteiger partial charge in [-0.15, -0.1) is 0 Å². The third kappa shape index (κ3) is 5.62. The molecule has 0 amide bonds. The summed E-state index contributed by atoms with van der Waals surface area (Å²) in [6, 6.07) is 41.8. The van der Waals surface area contributed by atoms with E-state index in [1.54, 1.807) is 12.1 Å². The minimum atomic E-state index is 0.197. The molecule has 0 aliphatic carbocycles. The molecule has 0 saturated carbocycles. The fraction of sp³-hybridized carbons (Fsp3) is 0.0638. The molecule has 5 heteroatoms. The zero-order valence-electron chi connectivity index (χ0n) is 29.2. The number of aromatic hydroxyl groups is 1. The molecule has 0 spiro atoms. The van der Waals surface area contributed by atoms with Gasteiger partial charge in [0.1, 0.15) is 5.75 Å². The largest absolute Gasteiger partial charge is 0.508 e. The Bertz CT molecular complexity index is 2700. The molecule has 9 rings (SSSR count). The topological polar surface area (TPSA) is 77.6 Å². The van der Waals surface area contributed by atoms with Gasteiger partial charge in [0, 0.05) is 44.3 Å². The first-order valence-electron chi connectivity index (χ1n) is 17.5. The van der Waals surface area contributed by atoms with Crippen LogP contribution in [0.1, 0.15) is 39.5 Å². The van der Waals surface area contributed by atoms with E-state index in [1.165, 1.54) is 16.7 Å². The van der Waals surface area contributed by atoms with Gasteiger partial charge in [-0.1, -0.05) is 102 Å². The average molecular weight is 673 g/mol. The van der Waals surface area contributed by atoms with Gasteiger partial charge in [-0.3, -0.25) is 0 Å². The molecule has 5 heterocycles. The highest BCUT2D eigenvalue weighted by molar-refractivity contribution is 5.99. The van der Waals surface area contributed by atoms with Crippen molar-refractivity contribution in [3.05, 3.63) is 161 Å². The normalized spacial score (nSPS) is 12.1. The van der Waals surface area contributed by atoms with Gasteiger partial charge in [0.05, 0.1) is 22.8 Å². The third-order valence-electron chi connectivity index (χ3n) is 9.91. The number of nitrogens with zero attached hydrogens (tertiary/aromatic N) is 2. The molecule has 0 unspecified atom stereocenters. The number of aryl methyl sites for hydroxylation is 3. The lowest BCUT2D eigenvalue weighted by Gasteiger charge is -2.07. The second kappa shape index (κ2) is 12.6. The lowest BCUT2D eigenvalue weighted by Crippen LogP contribution is -1.90. The van der Waals surface area contributed by atoms with Crippen molar-refractivity contribution in [2.24, 2.45) is 0 Å². The van der Waals surface area contributed by atoms with Gasteiger partial charge >= 0.3 is 0 Å². The molecule has 3 aromatic heterocycles. The average Bonchev–Trinajstić information content (AvgIpc) is 3.98. The van der Waals surface area contributed by atoms with Crippen LogP contribution in [0.4, 0.5) is 0 Å². The van der Waals surface area contributed by atoms with Crippen molar-refractivity contribution in [2.75, 3.05) is 0 Å². The van der Waals surface area contributed by atoms with Crippen LogP contribution in [0.3, 0.4) is 0 Å². The van der Waals surface area contributed by atoms with Gasteiger partial charge in [0.2, 0.25) is 0 Å². The van der Waals surface area contributed by atoms with Crippen LogP contribution in [0.25, 0.3) is 90.9 Å². The van der Waals surface area contributed by atoms with Gasteiger partial charge < -0.3 is 15.1 Å².